The Bertz CT molecular complexity index is 187. The highest BCUT2D eigenvalue weighted by Crippen LogP contribution is 1.98. The zero-order valence-electron chi connectivity index (χ0n) is 10.7. The second-order valence-corrected chi connectivity index (χ2v) is 4.94. The number of ketones is 1. The zero-order chi connectivity index (χ0) is 12.4. The first-order chi connectivity index (χ1) is 7.45. The average molecular weight is 231 g/mol. The van der Waals surface area contributed by atoms with E-state index in [1.54, 1.807) is 0 Å². The fourth-order valence-electron chi connectivity index (χ4n) is 1.21. The first-order valence-corrected chi connectivity index (χ1v) is 5.91. The van der Waals surface area contributed by atoms with Gasteiger partial charge in [-0.15, -0.1) is 0 Å². The minimum Gasteiger partial charge on any atom is -0.389 e. The number of carbonyl (C=O) groups excluding carboxylic acids is 1. The van der Waals surface area contributed by atoms with Gasteiger partial charge in [-0.05, 0) is 33.6 Å². The van der Waals surface area contributed by atoms with Crippen molar-refractivity contribution in [3.05, 3.63) is 0 Å². The molecule has 0 bridgehead atoms. The van der Waals surface area contributed by atoms with Crippen LogP contribution in [0.25, 0.3) is 0 Å². The minimum absolute atomic E-state index is 0.0885. The van der Waals surface area contributed by atoms with Crippen LogP contribution in [0.1, 0.15) is 40.0 Å². The van der Waals surface area contributed by atoms with E-state index in [1.165, 1.54) is 0 Å². The third kappa shape index (κ3) is 11.6. The minimum atomic E-state index is -0.337. The molecule has 0 aromatic rings. The second-order valence-electron chi connectivity index (χ2n) is 4.94. The first-order valence-electron chi connectivity index (χ1n) is 5.91. The second kappa shape index (κ2) is 8.67. The van der Waals surface area contributed by atoms with Crippen molar-refractivity contribution in [3.63, 3.8) is 0 Å². The van der Waals surface area contributed by atoms with E-state index in [0.717, 1.165) is 19.4 Å². The Kier molecular flexibility index (Phi) is 8.43. The smallest absolute Gasteiger partial charge is 0.158 e. The monoisotopic (exact) mass is 231 g/mol. The molecule has 0 atom stereocenters. The molecule has 0 unspecified atom stereocenters. The van der Waals surface area contributed by atoms with Crippen LogP contribution >= 0.6 is 0 Å². The molecule has 16 heavy (non-hydrogen) atoms. The molecule has 2 N–H and O–H groups in total. The van der Waals surface area contributed by atoms with Gasteiger partial charge in [0, 0.05) is 25.1 Å². The van der Waals surface area contributed by atoms with Crippen molar-refractivity contribution >= 4 is 5.78 Å². The summed E-state index contributed by atoms with van der Waals surface area (Å²) in [5.41, 5.74) is 0.136. The van der Waals surface area contributed by atoms with Crippen LogP contribution in [-0.4, -0.2) is 42.8 Å². The fraction of sp³-hybridized carbons (Fsp3) is 0.917. The fourth-order valence-corrected chi connectivity index (χ4v) is 1.21. The van der Waals surface area contributed by atoms with Gasteiger partial charge in [0.25, 0.3) is 0 Å². The normalized spacial score (nSPS) is 11.8. The predicted molar refractivity (Wildman–Crippen MR) is 64.5 cm³/mol. The highest BCUT2D eigenvalue weighted by molar-refractivity contribution is 5.79. The van der Waals surface area contributed by atoms with Gasteiger partial charge in [0.2, 0.25) is 0 Å². The standard InChI is InChI=1S/C12H25NO3/c1-12(2,3)13-7-9-16-8-5-4-6-11(15)10-14/h13-14H,4-10H2,1-3H3. The van der Waals surface area contributed by atoms with Gasteiger partial charge in [-0.25, -0.2) is 0 Å². The van der Waals surface area contributed by atoms with Crippen LogP contribution in [0, 0.1) is 0 Å². The van der Waals surface area contributed by atoms with Crippen molar-refractivity contribution < 1.29 is 14.6 Å². The molecule has 0 aliphatic rings. The molecule has 4 heteroatoms. The molecule has 0 fully saturated rings. The Balaban J connectivity index is 3.13. The van der Waals surface area contributed by atoms with Crippen LogP contribution < -0.4 is 5.32 Å². The lowest BCUT2D eigenvalue weighted by Crippen LogP contribution is -2.38. The van der Waals surface area contributed by atoms with E-state index in [4.69, 9.17) is 9.84 Å². The van der Waals surface area contributed by atoms with Crippen molar-refractivity contribution in [1.82, 2.24) is 5.32 Å². The third-order valence-corrected chi connectivity index (χ3v) is 2.07. The summed E-state index contributed by atoms with van der Waals surface area (Å²) >= 11 is 0. The molecule has 4 nitrogen and oxygen atoms in total. The quantitative estimate of drug-likeness (QED) is 0.584. The van der Waals surface area contributed by atoms with E-state index >= 15 is 0 Å². The van der Waals surface area contributed by atoms with Crippen LogP contribution in [0.4, 0.5) is 0 Å². The van der Waals surface area contributed by atoms with Crippen LogP contribution in [0.5, 0.6) is 0 Å². The molecule has 0 saturated carbocycles. The number of carbonyl (C=O) groups is 1. The summed E-state index contributed by atoms with van der Waals surface area (Å²) in [5.74, 6) is -0.0885. The number of Topliss-reactive ketones (excluding diaryl/α,β-unsaturated/α-hetero) is 1. The van der Waals surface area contributed by atoms with Gasteiger partial charge in [-0.2, -0.15) is 0 Å². The molecule has 0 heterocycles. The molecule has 0 aliphatic heterocycles. The van der Waals surface area contributed by atoms with Crippen molar-refractivity contribution in [1.29, 1.82) is 0 Å². The number of hydrogen-bond acceptors (Lipinski definition) is 4. The van der Waals surface area contributed by atoms with Gasteiger partial charge in [-0.1, -0.05) is 0 Å². The number of nitrogens with one attached hydrogen (secondary N) is 1. The lowest BCUT2D eigenvalue weighted by molar-refractivity contribution is -0.121. The molecule has 0 spiro atoms. The topological polar surface area (TPSA) is 58.6 Å². The van der Waals surface area contributed by atoms with Crippen LogP contribution in [0.15, 0.2) is 0 Å². The summed E-state index contributed by atoms with van der Waals surface area (Å²) in [7, 11) is 0. The largest absolute Gasteiger partial charge is 0.389 e. The Morgan fingerprint density at radius 2 is 1.94 bits per heavy atom. The number of hydrogen-bond donors (Lipinski definition) is 2. The number of unbranched alkanes of at least 4 members (excludes halogenated alkanes) is 1. The summed E-state index contributed by atoms with van der Waals surface area (Å²) in [6.45, 7) is 8.25. The zero-order valence-corrected chi connectivity index (χ0v) is 10.7. The number of rotatable bonds is 9. The molecule has 96 valence electrons. The summed E-state index contributed by atoms with van der Waals surface area (Å²) in [4.78, 5) is 10.8. The van der Waals surface area contributed by atoms with Crippen molar-refractivity contribution in [2.45, 2.75) is 45.6 Å². The maximum Gasteiger partial charge on any atom is 0.158 e. The Labute approximate surface area is 98.4 Å². The van der Waals surface area contributed by atoms with E-state index in [9.17, 15) is 4.79 Å². The first kappa shape index (κ1) is 15.6. The van der Waals surface area contributed by atoms with Gasteiger partial charge >= 0.3 is 0 Å². The third-order valence-electron chi connectivity index (χ3n) is 2.07. The molecule has 0 aromatic heterocycles. The Morgan fingerprint density at radius 3 is 2.50 bits per heavy atom. The molecule has 0 radical (unpaired) electrons. The van der Waals surface area contributed by atoms with Gasteiger partial charge < -0.3 is 15.2 Å². The molecular formula is C12H25NO3. The van der Waals surface area contributed by atoms with Crippen molar-refractivity contribution in [2.75, 3.05) is 26.4 Å². The molecule has 0 aromatic carbocycles. The van der Waals surface area contributed by atoms with Crippen LogP contribution in [0.3, 0.4) is 0 Å². The summed E-state index contributed by atoms with van der Waals surface area (Å²) in [6, 6.07) is 0. The number of aliphatic hydroxyl groups excluding tert-OH is 1. The highest BCUT2D eigenvalue weighted by Gasteiger charge is 2.06. The Hall–Kier alpha value is -0.450. The summed E-state index contributed by atoms with van der Waals surface area (Å²) in [5, 5.41) is 11.8. The number of aliphatic hydroxyl groups is 1. The van der Waals surface area contributed by atoms with Gasteiger partial charge in [0.1, 0.15) is 6.61 Å². The Morgan fingerprint density at radius 1 is 1.25 bits per heavy atom. The van der Waals surface area contributed by atoms with Crippen LogP contribution in [0.2, 0.25) is 0 Å². The number of ether oxygens (including phenoxy) is 1. The maximum absolute atomic E-state index is 10.8. The SMILES string of the molecule is CC(C)(C)NCCOCCCCC(=O)CO. The molecular weight excluding hydrogens is 206 g/mol. The van der Waals surface area contributed by atoms with Crippen molar-refractivity contribution in [3.8, 4) is 0 Å². The summed E-state index contributed by atoms with van der Waals surface area (Å²) in [6.07, 6.45) is 2.13. The maximum atomic E-state index is 10.8. The van der Waals surface area contributed by atoms with Gasteiger partial charge in [0.15, 0.2) is 5.78 Å². The summed E-state index contributed by atoms with van der Waals surface area (Å²) < 4.78 is 5.41. The highest BCUT2D eigenvalue weighted by atomic mass is 16.5. The predicted octanol–water partition coefficient (Wildman–Crippen LogP) is 1.12. The molecule has 0 aliphatic carbocycles. The molecule has 0 saturated heterocycles. The average Bonchev–Trinajstić information content (AvgIpc) is 2.20. The van der Waals surface area contributed by atoms with E-state index in [-0.39, 0.29) is 17.9 Å². The molecule has 0 amide bonds. The van der Waals surface area contributed by atoms with Crippen LogP contribution in [-0.2, 0) is 9.53 Å². The van der Waals surface area contributed by atoms with Crippen molar-refractivity contribution in [2.24, 2.45) is 0 Å². The van der Waals surface area contributed by atoms with Gasteiger partial charge in [-0.3, -0.25) is 4.79 Å². The van der Waals surface area contributed by atoms with Gasteiger partial charge in [0.05, 0.1) is 6.61 Å². The van der Waals surface area contributed by atoms with E-state index < -0.39 is 0 Å². The van der Waals surface area contributed by atoms with E-state index in [1.807, 2.05) is 0 Å². The van der Waals surface area contributed by atoms with E-state index in [0.29, 0.717) is 19.6 Å². The molecule has 0 rings (SSSR count). The van der Waals surface area contributed by atoms with E-state index in [2.05, 4.69) is 26.1 Å². The lowest BCUT2D eigenvalue weighted by atomic mass is 10.1. The lowest BCUT2D eigenvalue weighted by Gasteiger charge is -2.20.